The monoisotopic (exact) mass is 283 g/mol. The summed E-state index contributed by atoms with van der Waals surface area (Å²) < 4.78 is 25.8. The van der Waals surface area contributed by atoms with Crippen molar-refractivity contribution >= 4 is 15.7 Å². The van der Waals surface area contributed by atoms with Gasteiger partial charge in [-0.1, -0.05) is 12.1 Å². The van der Waals surface area contributed by atoms with E-state index in [0.29, 0.717) is 10.6 Å². The Hall–Kier alpha value is -1.11. The third kappa shape index (κ3) is 3.26. The number of para-hydroxylation sites is 1. The summed E-state index contributed by atoms with van der Waals surface area (Å²) in [5.41, 5.74) is 0.685. The number of benzene rings is 1. The fourth-order valence-electron chi connectivity index (χ4n) is 2.20. The first kappa shape index (κ1) is 14.3. The average Bonchev–Trinajstić information content (AvgIpc) is 2.40. The molecule has 1 aromatic carbocycles. The highest BCUT2D eigenvalue weighted by Gasteiger charge is 2.22. The molecule has 0 radical (unpaired) electrons. The predicted octanol–water partition coefficient (Wildman–Crippen LogP) is 1.10. The van der Waals surface area contributed by atoms with Crippen molar-refractivity contribution in [2.45, 2.75) is 23.8 Å². The van der Waals surface area contributed by atoms with Crippen LogP contribution in [-0.2, 0) is 10.0 Å². The summed E-state index contributed by atoms with van der Waals surface area (Å²) >= 11 is 0. The van der Waals surface area contributed by atoms with Crippen LogP contribution >= 0.6 is 0 Å². The molecular weight excluding hydrogens is 262 g/mol. The molecule has 0 amide bonds. The van der Waals surface area contributed by atoms with Gasteiger partial charge < -0.3 is 10.6 Å². The normalized spacial score (nSPS) is 20.5. The maximum Gasteiger partial charge on any atom is 0.244 e. The van der Waals surface area contributed by atoms with Crippen molar-refractivity contribution < 1.29 is 8.42 Å². The smallest absolute Gasteiger partial charge is 0.244 e. The number of sulfonamides is 1. The highest BCUT2D eigenvalue weighted by atomic mass is 32.2. The molecule has 1 aliphatic heterocycles. The Morgan fingerprint density at radius 3 is 2.68 bits per heavy atom. The van der Waals surface area contributed by atoms with Crippen LogP contribution in [0.5, 0.6) is 0 Å². The van der Waals surface area contributed by atoms with Crippen LogP contribution in [0.25, 0.3) is 0 Å². The van der Waals surface area contributed by atoms with Gasteiger partial charge in [-0.05, 0) is 31.5 Å². The van der Waals surface area contributed by atoms with Crippen LogP contribution in [0.1, 0.15) is 12.8 Å². The van der Waals surface area contributed by atoms with Crippen molar-refractivity contribution in [1.82, 2.24) is 9.62 Å². The molecule has 1 aliphatic rings. The van der Waals surface area contributed by atoms with Crippen LogP contribution in [0.4, 0.5) is 5.69 Å². The number of piperidine rings is 1. The second-order valence-electron chi connectivity index (χ2n) is 4.97. The molecule has 0 bridgehead atoms. The number of hydrogen-bond donors (Lipinski definition) is 2. The molecule has 5 nitrogen and oxygen atoms in total. The van der Waals surface area contributed by atoms with Crippen LogP contribution in [0.3, 0.4) is 0 Å². The molecule has 1 saturated heterocycles. The Labute approximate surface area is 115 Å². The number of nitrogens with zero attached hydrogens (tertiary/aromatic N) is 1. The maximum absolute atomic E-state index is 12.3. The van der Waals surface area contributed by atoms with E-state index < -0.39 is 10.0 Å². The minimum Gasteiger partial charge on any atom is -0.380 e. The quantitative estimate of drug-likeness (QED) is 0.869. The summed E-state index contributed by atoms with van der Waals surface area (Å²) in [6, 6.07) is 7.36. The van der Waals surface area contributed by atoms with Crippen molar-refractivity contribution in [3.63, 3.8) is 0 Å². The lowest BCUT2D eigenvalue weighted by Gasteiger charge is -2.26. The Balaban J connectivity index is 2.26. The van der Waals surface area contributed by atoms with Crippen molar-refractivity contribution in [2.75, 3.05) is 32.5 Å². The summed E-state index contributed by atoms with van der Waals surface area (Å²) in [7, 11) is -0.308. The van der Waals surface area contributed by atoms with E-state index in [1.807, 2.05) is 12.1 Å². The Morgan fingerprint density at radius 2 is 2.05 bits per heavy atom. The van der Waals surface area contributed by atoms with Crippen molar-refractivity contribution in [3.05, 3.63) is 24.3 Å². The standard InChI is InChI=1S/C13H21N3O2S/c1-16(2)19(17,18)13-8-4-3-7-12(13)15-11-6-5-9-14-10-11/h3-4,7-8,11,14-15H,5-6,9-10H2,1-2H3. The Bertz CT molecular complexity index is 522. The van der Waals surface area contributed by atoms with Crippen molar-refractivity contribution in [1.29, 1.82) is 0 Å². The van der Waals surface area contributed by atoms with Gasteiger partial charge in [-0.25, -0.2) is 12.7 Å². The number of nitrogens with one attached hydrogen (secondary N) is 2. The lowest BCUT2D eigenvalue weighted by molar-refractivity contribution is 0.478. The predicted molar refractivity (Wildman–Crippen MR) is 76.8 cm³/mol. The van der Waals surface area contributed by atoms with Gasteiger partial charge in [0.2, 0.25) is 10.0 Å². The van der Waals surface area contributed by atoms with Crippen molar-refractivity contribution in [2.24, 2.45) is 0 Å². The number of hydrogen-bond acceptors (Lipinski definition) is 4. The molecule has 0 saturated carbocycles. The molecule has 0 aliphatic carbocycles. The Morgan fingerprint density at radius 1 is 1.32 bits per heavy atom. The molecule has 1 fully saturated rings. The topological polar surface area (TPSA) is 61.4 Å². The first-order chi connectivity index (χ1) is 9.01. The van der Waals surface area contributed by atoms with E-state index in [9.17, 15) is 8.42 Å². The summed E-state index contributed by atoms with van der Waals surface area (Å²) in [6.07, 6.45) is 2.17. The summed E-state index contributed by atoms with van der Waals surface area (Å²) in [4.78, 5) is 0.338. The lowest BCUT2D eigenvalue weighted by Crippen LogP contribution is -2.38. The number of anilines is 1. The van der Waals surface area contributed by atoms with Gasteiger partial charge in [0.1, 0.15) is 4.90 Å². The van der Waals surface area contributed by atoms with Gasteiger partial charge in [-0.2, -0.15) is 0 Å². The molecule has 19 heavy (non-hydrogen) atoms. The van der Waals surface area contributed by atoms with E-state index >= 15 is 0 Å². The molecule has 2 rings (SSSR count). The first-order valence-electron chi connectivity index (χ1n) is 6.50. The molecule has 2 N–H and O–H groups in total. The molecular formula is C13H21N3O2S. The van der Waals surface area contributed by atoms with Crippen LogP contribution in [0.15, 0.2) is 29.2 Å². The highest BCUT2D eigenvalue weighted by Crippen LogP contribution is 2.24. The molecule has 0 spiro atoms. The number of rotatable bonds is 4. The second kappa shape index (κ2) is 5.90. The minimum atomic E-state index is -3.41. The SMILES string of the molecule is CN(C)S(=O)(=O)c1ccccc1NC1CCCNC1. The average molecular weight is 283 g/mol. The largest absolute Gasteiger partial charge is 0.380 e. The minimum absolute atomic E-state index is 0.285. The van der Waals surface area contributed by atoms with Gasteiger partial charge in [0, 0.05) is 26.7 Å². The van der Waals surface area contributed by atoms with Gasteiger partial charge >= 0.3 is 0 Å². The molecule has 0 aromatic heterocycles. The van der Waals surface area contributed by atoms with E-state index in [0.717, 1.165) is 25.9 Å². The van der Waals surface area contributed by atoms with E-state index in [1.54, 1.807) is 26.2 Å². The summed E-state index contributed by atoms with van der Waals surface area (Å²) in [5.74, 6) is 0. The van der Waals surface area contributed by atoms with E-state index in [2.05, 4.69) is 10.6 Å². The highest BCUT2D eigenvalue weighted by molar-refractivity contribution is 7.89. The molecule has 106 valence electrons. The van der Waals surface area contributed by atoms with E-state index in [-0.39, 0.29) is 6.04 Å². The van der Waals surface area contributed by atoms with Gasteiger partial charge in [0.25, 0.3) is 0 Å². The molecule has 1 heterocycles. The van der Waals surface area contributed by atoms with E-state index in [4.69, 9.17) is 0 Å². The molecule has 1 atom stereocenters. The van der Waals surface area contributed by atoms with E-state index in [1.165, 1.54) is 4.31 Å². The van der Waals surface area contributed by atoms with Gasteiger partial charge in [-0.3, -0.25) is 0 Å². The third-order valence-electron chi connectivity index (χ3n) is 3.30. The van der Waals surface area contributed by atoms with Gasteiger partial charge in [-0.15, -0.1) is 0 Å². The summed E-state index contributed by atoms with van der Waals surface area (Å²) in [6.45, 7) is 1.91. The van der Waals surface area contributed by atoms with Crippen LogP contribution in [0.2, 0.25) is 0 Å². The fraction of sp³-hybridized carbons (Fsp3) is 0.538. The summed E-state index contributed by atoms with van der Waals surface area (Å²) in [5, 5.41) is 6.66. The van der Waals surface area contributed by atoms with Crippen molar-refractivity contribution in [3.8, 4) is 0 Å². The first-order valence-corrected chi connectivity index (χ1v) is 7.94. The van der Waals surface area contributed by atoms with Crippen LogP contribution in [0, 0.1) is 0 Å². The Kier molecular flexibility index (Phi) is 4.44. The maximum atomic E-state index is 12.3. The lowest BCUT2D eigenvalue weighted by atomic mass is 10.1. The molecule has 1 aromatic rings. The zero-order valence-corrected chi connectivity index (χ0v) is 12.2. The zero-order chi connectivity index (χ0) is 13.9. The zero-order valence-electron chi connectivity index (χ0n) is 11.4. The fourth-order valence-corrected chi connectivity index (χ4v) is 3.25. The van der Waals surface area contributed by atoms with Crippen LogP contribution in [-0.4, -0.2) is 45.9 Å². The molecule has 6 heteroatoms. The van der Waals surface area contributed by atoms with Crippen LogP contribution < -0.4 is 10.6 Å². The third-order valence-corrected chi connectivity index (χ3v) is 5.18. The van der Waals surface area contributed by atoms with Gasteiger partial charge in [0.05, 0.1) is 5.69 Å². The second-order valence-corrected chi connectivity index (χ2v) is 7.09. The van der Waals surface area contributed by atoms with Gasteiger partial charge in [0.15, 0.2) is 0 Å². The molecule has 1 unspecified atom stereocenters.